The molecule has 0 amide bonds. The van der Waals surface area contributed by atoms with Crippen LogP contribution in [0.15, 0.2) is 11.4 Å². The van der Waals surface area contributed by atoms with E-state index in [0.29, 0.717) is 6.42 Å². The zero-order valence-corrected chi connectivity index (χ0v) is 9.61. The number of nitrogens with two attached hydrogens (primary N) is 2. The van der Waals surface area contributed by atoms with Crippen molar-refractivity contribution in [1.82, 2.24) is 5.32 Å². The summed E-state index contributed by atoms with van der Waals surface area (Å²) in [5, 5.41) is 14.1. The summed E-state index contributed by atoms with van der Waals surface area (Å²) >= 11 is 0. The first-order valence-corrected chi connectivity index (χ1v) is 5.62. The maximum atomic E-state index is 10.8. The molecule has 0 radical (unpaired) electrons. The molecule has 1 aliphatic rings. The third-order valence-corrected chi connectivity index (χ3v) is 2.90. The summed E-state index contributed by atoms with van der Waals surface area (Å²) in [6.07, 6.45) is 3.93. The van der Waals surface area contributed by atoms with Crippen LogP contribution in [0.3, 0.4) is 0 Å². The van der Waals surface area contributed by atoms with Crippen LogP contribution >= 0.6 is 0 Å². The van der Waals surface area contributed by atoms with Gasteiger partial charge in [-0.3, -0.25) is 10.1 Å². The Kier molecular flexibility index (Phi) is 4.70. The fraction of sp³-hybridized carbons (Fsp3) is 0.800. The van der Waals surface area contributed by atoms with Crippen molar-refractivity contribution >= 4 is 0 Å². The van der Waals surface area contributed by atoms with Crippen LogP contribution in [-0.4, -0.2) is 23.6 Å². The molecular weight excluding hydrogens is 208 g/mol. The summed E-state index contributed by atoms with van der Waals surface area (Å²) in [6.45, 7) is 2.49. The van der Waals surface area contributed by atoms with Crippen LogP contribution in [0.4, 0.5) is 0 Å². The zero-order chi connectivity index (χ0) is 12.1. The average Bonchev–Trinajstić information content (AvgIpc) is 2.17. The third kappa shape index (κ3) is 3.46. The van der Waals surface area contributed by atoms with Crippen LogP contribution < -0.4 is 16.8 Å². The summed E-state index contributed by atoms with van der Waals surface area (Å²) in [5.41, 5.74) is 11.5. The van der Waals surface area contributed by atoms with Gasteiger partial charge >= 0.3 is 0 Å². The van der Waals surface area contributed by atoms with Crippen LogP contribution in [-0.2, 0) is 0 Å². The highest BCUT2D eigenvalue weighted by molar-refractivity contribution is 5.08. The molecule has 92 valence electrons. The molecule has 1 aliphatic heterocycles. The Morgan fingerprint density at radius 1 is 1.62 bits per heavy atom. The summed E-state index contributed by atoms with van der Waals surface area (Å²) < 4.78 is 0. The van der Waals surface area contributed by atoms with E-state index >= 15 is 0 Å². The van der Waals surface area contributed by atoms with Gasteiger partial charge in [0.2, 0.25) is 0 Å². The van der Waals surface area contributed by atoms with Crippen molar-refractivity contribution in [3.63, 3.8) is 0 Å². The average molecular weight is 228 g/mol. The van der Waals surface area contributed by atoms with E-state index in [1.54, 1.807) is 0 Å². The van der Waals surface area contributed by atoms with Gasteiger partial charge in [0.25, 0.3) is 5.70 Å². The van der Waals surface area contributed by atoms with Crippen molar-refractivity contribution in [2.75, 3.05) is 6.54 Å². The topological polar surface area (TPSA) is 107 Å². The number of nitro groups is 1. The molecule has 6 nitrogen and oxygen atoms in total. The van der Waals surface area contributed by atoms with Gasteiger partial charge in [0.05, 0.1) is 16.7 Å². The molecule has 5 N–H and O–H groups in total. The molecule has 0 aliphatic carbocycles. The van der Waals surface area contributed by atoms with E-state index in [1.807, 2.05) is 0 Å². The number of hydrogen-bond acceptors (Lipinski definition) is 5. The number of nitrogens with one attached hydrogen (secondary N) is 1. The number of allylic oxidation sites excluding steroid dienone is 1. The van der Waals surface area contributed by atoms with E-state index in [9.17, 15) is 10.1 Å². The Balaban J connectivity index is 2.58. The van der Waals surface area contributed by atoms with E-state index in [0.717, 1.165) is 19.4 Å². The van der Waals surface area contributed by atoms with E-state index in [4.69, 9.17) is 11.5 Å². The SMILES string of the molecule is C/C(N)=C(/[C@@H](N)C[C@@H]1CCCCN1)[N+](=O)[O-]. The molecular formula is C10H20N4O2. The molecule has 1 saturated heterocycles. The highest BCUT2D eigenvalue weighted by Gasteiger charge is 2.26. The first-order chi connectivity index (χ1) is 7.52. The first-order valence-electron chi connectivity index (χ1n) is 5.62. The molecule has 16 heavy (non-hydrogen) atoms. The monoisotopic (exact) mass is 228 g/mol. The lowest BCUT2D eigenvalue weighted by atomic mass is 9.96. The Morgan fingerprint density at radius 3 is 2.75 bits per heavy atom. The zero-order valence-electron chi connectivity index (χ0n) is 9.61. The van der Waals surface area contributed by atoms with Gasteiger partial charge in [-0.05, 0) is 32.7 Å². The van der Waals surface area contributed by atoms with Crippen LogP contribution in [0.25, 0.3) is 0 Å². The maximum Gasteiger partial charge on any atom is 0.280 e. The predicted molar refractivity (Wildman–Crippen MR) is 62.1 cm³/mol. The van der Waals surface area contributed by atoms with Gasteiger partial charge in [0, 0.05) is 6.04 Å². The number of hydrogen-bond donors (Lipinski definition) is 3. The number of piperidine rings is 1. The smallest absolute Gasteiger partial charge is 0.280 e. The van der Waals surface area contributed by atoms with Gasteiger partial charge in [0.15, 0.2) is 0 Å². The van der Waals surface area contributed by atoms with Crippen LogP contribution in [0, 0.1) is 10.1 Å². The minimum atomic E-state index is -0.587. The summed E-state index contributed by atoms with van der Waals surface area (Å²) in [5.74, 6) is 0. The standard InChI is InChI=1S/C10H20N4O2/c1-7(11)10(14(15)16)9(12)6-8-4-2-3-5-13-8/h8-9,13H,2-6,11-12H2,1H3/b10-7+/t8-,9-/m0/s1. The van der Waals surface area contributed by atoms with E-state index < -0.39 is 11.0 Å². The molecule has 2 atom stereocenters. The molecule has 0 bridgehead atoms. The van der Waals surface area contributed by atoms with Crippen LogP contribution in [0.1, 0.15) is 32.6 Å². The quantitative estimate of drug-likeness (QED) is 0.474. The van der Waals surface area contributed by atoms with Crippen molar-refractivity contribution in [2.45, 2.75) is 44.7 Å². The summed E-state index contributed by atoms with van der Waals surface area (Å²) in [4.78, 5) is 10.3. The van der Waals surface area contributed by atoms with Gasteiger partial charge < -0.3 is 16.8 Å². The van der Waals surface area contributed by atoms with Crippen molar-refractivity contribution < 1.29 is 4.92 Å². The number of rotatable bonds is 4. The Hall–Kier alpha value is -1.14. The molecule has 6 heteroatoms. The lowest BCUT2D eigenvalue weighted by Gasteiger charge is -2.25. The normalized spacial score (nSPS) is 24.8. The Morgan fingerprint density at radius 2 is 2.31 bits per heavy atom. The molecule has 1 heterocycles. The first kappa shape index (κ1) is 12.9. The molecule has 0 aromatic rings. The minimum absolute atomic E-state index is 0.0487. The minimum Gasteiger partial charge on any atom is -0.397 e. The molecule has 0 aromatic heterocycles. The number of nitrogens with zero attached hydrogens (tertiary/aromatic N) is 1. The van der Waals surface area contributed by atoms with Crippen molar-refractivity contribution in [2.24, 2.45) is 11.5 Å². The van der Waals surface area contributed by atoms with Gasteiger partial charge in [-0.25, -0.2) is 0 Å². The lowest BCUT2D eigenvalue weighted by molar-refractivity contribution is -0.431. The van der Waals surface area contributed by atoms with Gasteiger partial charge in [-0.2, -0.15) is 0 Å². The molecule has 0 unspecified atom stereocenters. The van der Waals surface area contributed by atoms with Crippen molar-refractivity contribution in [1.29, 1.82) is 0 Å². The fourth-order valence-electron chi connectivity index (χ4n) is 2.12. The summed E-state index contributed by atoms with van der Waals surface area (Å²) in [6, 6.07) is -0.311. The Labute approximate surface area is 95.2 Å². The van der Waals surface area contributed by atoms with Gasteiger partial charge in [-0.15, -0.1) is 0 Å². The second-order valence-electron chi connectivity index (χ2n) is 4.31. The molecule has 0 saturated carbocycles. The van der Waals surface area contributed by atoms with Crippen LogP contribution in [0.5, 0.6) is 0 Å². The second-order valence-corrected chi connectivity index (χ2v) is 4.31. The van der Waals surface area contributed by atoms with Crippen molar-refractivity contribution in [3.8, 4) is 0 Å². The lowest BCUT2D eigenvalue weighted by Crippen LogP contribution is -2.41. The molecule has 0 spiro atoms. The molecule has 0 aromatic carbocycles. The Bertz CT molecular complexity index is 281. The van der Waals surface area contributed by atoms with Crippen LogP contribution in [0.2, 0.25) is 0 Å². The predicted octanol–water partition coefficient (Wildman–Crippen LogP) is 0.313. The van der Waals surface area contributed by atoms with E-state index in [2.05, 4.69) is 5.32 Å². The van der Waals surface area contributed by atoms with E-state index in [-0.39, 0.29) is 17.4 Å². The van der Waals surface area contributed by atoms with Crippen molar-refractivity contribution in [3.05, 3.63) is 21.5 Å². The van der Waals surface area contributed by atoms with E-state index in [1.165, 1.54) is 13.3 Å². The molecule has 1 rings (SSSR count). The third-order valence-electron chi connectivity index (χ3n) is 2.90. The largest absolute Gasteiger partial charge is 0.397 e. The van der Waals surface area contributed by atoms with Gasteiger partial charge in [0.1, 0.15) is 0 Å². The highest BCUT2D eigenvalue weighted by Crippen LogP contribution is 2.16. The molecule has 1 fully saturated rings. The fourth-order valence-corrected chi connectivity index (χ4v) is 2.12. The second kappa shape index (κ2) is 5.81. The van der Waals surface area contributed by atoms with Gasteiger partial charge in [-0.1, -0.05) is 6.42 Å². The maximum absolute atomic E-state index is 10.8. The highest BCUT2D eigenvalue weighted by atomic mass is 16.6. The summed E-state index contributed by atoms with van der Waals surface area (Å²) in [7, 11) is 0.